The molecule has 0 radical (unpaired) electrons. The molecule has 56 heavy (non-hydrogen) atoms. The molecule has 264 valence electrons. The molecule has 3 aliphatic carbocycles. The van der Waals surface area contributed by atoms with E-state index in [1.165, 1.54) is 86.9 Å². The van der Waals surface area contributed by atoms with E-state index >= 15 is 0 Å². The van der Waals surface area contributed by atoms with Crippen LogP contribution in [0.1, 0.15) is 17.0 Å². The summed E-state index contributed by atoms with van der Waals surface area (Å²) < 4.78 is 0. The van der Waals surface area contributed by atoms with Gasteiger partial charge in [0.25, 0.3) is 0 Å². The second-order valence-electron chi connectivity index (χ2n) is 14.8. The standard InChI is InChI=1S/C20H14.C16H10.C14H10.C6H6/c1-5-13-6-2-11-17-18-12-4-8-14-7-3-10-16(20(14)18)15(9-1)19(13)17;1-3-11-7-9-13-5-2-6-14-10-8-12(4-1)15(11)16(13)14;1-2-6-12-10-14-8-4-3-7-13(14)9-11(12)5-1;1-2-4-6-5-3-1/h1-12,15,19H;1-10H;1-10H;1-6H. The van der Waals surface area contributed by atoms with Gasteiger partial charge < -0.3 is 0 Å². The Hall–Kier alpha value is -7.02. The summed E-state index contributed by atoms with van der Waals surface area (Å²) in [6.45, 7) is 0. The first-order chi connectivity index (χ1) is 27.8. The maximum Gasteiger partial charge on any atom is 0.0199 e. The number of rotatable bonds is 0. The van der Waals surface area contributed by atoms with Crippen molar-refractivity contribution in [3.8, 4) is 0 Å². The molecular weight excluding hydrogens is 673 g/mol. The minimum atomic E-state index is 0.491. The highest BCUT2D eigenvalue weighted by atomic mass is 14.4. The summed E-state index contributed by atoms with van der Waals surface area (Å²) in [6, 6.07) is 68.7. The molecule has 0 saturated carbocycles. The predicted molar refractivity (Wildman–Crippen MR) is 243 cm³/mol. The fourth-order valence-electron chi connectivity index (χ4n) is 8.97. The summed E-state index contributed by atoms with van der Waals surface area (Å²) in [7, 11) is 0. The van der Waals surface area contributed by atoms with Crippen molar-refractivity contribution < 1.29 is 0 Å². The summed E-state index contributed by atoms with van der Waals surface area (Å²) in [5.41, 5.74) is 5.83. The number of hydrogen-bond acceptors (Lipinski definition) is 0. The Kier molecular flexibility index (Phi) is 8.78. The zero-order valence-electron chi connectivity index (χ0n) is 31.1. The van der Waals surface area contributed by atoms with Crippen LogP contribution in [0, 0.1) is 5.92 Å². The monoisotopic (exact) mass is 712 g/mol. The van der Waals surface area contributed by atoms with Crippen molar-refractivity contribution in [2.24, 2.45) is 5.92 Å². The zero-order valence-corrected chi connectivity index (χ0v) is 31.1. The van der Waals surface area contributed by atoms with E-state index in [1.807, 2.05) is 36.4 Å². The minimum Gasteiger partial charge on any atom is -0.0760 e. The molecule has 2 unspecified atom stereocenters. The van der Waals surface area contributed by atoms with Crippen molar-refractivity contribution in [2.45, 2.75) is 5.92 Å². The smallest absolute Gasteiger partial charge is 0.0199 e. The number of fused-ring (bicyclic) bond motifs is 4. The number of benzene rings is 10. The third-order valence-electron chi connectivity index (χ3n) is 11.5. The average molecular weight is 713 g/mol. The normalized spacial score (nSPS) is 15.9. The summed E-state index contributed by atoms with van der Waals surface area (Å²) in [6.07, 6.45) is 13.6. The first-order valence-corrected chi connectivity index (χ1v) is 19.6. The van der Waals surface area contributed by atoms with Crippen LogP contribution in [0.4, 0.5) is 0 Å². The van der Waals surface area contributed by atoms with E-state index in [-0.39, 0.29) is 0 Å². The highest BCUT2D eigenvalue weighted by Crippen LogP contribution is 2.52. The molecule has 0 aromatic heterocycles. The third-order valence-corrected chi connectivity index (χ3v) is 11.5. The Bertz CT molecular complexity index is 2870. The summed E-state index contributed by atoms with van der Waals surface area (Å²) in [5.74, 6) is 0.996. The Balaban J connectivity index is 0.0000000971. The summed E-state index contributed by atoms with van der Waals surface area (Å²) in [4.78, 5) is 0. The number of hydrogen-bond donors (Lipinski definition) is 0. The van der Waals surface area contributed by atoms with E-state index in [9.17, 15) is 0 Å². The molecule has 0 spiro atoms. The second-order valence-corrected chi connectivity index (χ2v) is 14.8. The molecule has 0 aliphatic heterocycles. The Morgan fingerprint density at radius 2 is 0.750 bits per heavy atom. The minimum absolute atomic E-state index is 0.491. The van der Waals surface area contributed by atoms with E-state index < -0.39 is 0 Å². The fourth-order valence-corrected chi connectivity index (χ4v) is 8.97. The van der Waals surface area contributed by atoms with E-state index in [2.05, 4.69) is 194 Å². The Morgan fingerprint density at radius 1 is 0.321 bits per heavy atom. The highest BCUT2D eigenvalue weighted by molar-refractivity contribution is 6.22. The quantitative estimate of drug-likeness (QED) is 0.108. The second kappa shape index (κ2) is 14.7. The zero-order chi connectivity index (χ0) is 37.3. The van der Waals surface area contributed by atoms with Crippen LogP contribution >= 0.6 is 0 Å². The van der Waals surface area contributed by atoms with Crippen molar-refractivity contribution in [2.75, 3.05) is 0 Å². The lowest BCUT2D eigenvalue weighted by molar-refractivity contribution is 0.684. The Labute approximate surface area is 328 Å². The summed E-state index contributed by atoms with van der Waals surface area (Å²) in [5, 5.41) is 16.2. The lowest BCUT2D eigenvalue weighted by Crippen LogP contribution is -2.22. The highest BCUT2D eigenvalue weighted by Gasteiger charge is 2.36. The van der Waals surface area contributed by atoms with Gasteiger partial charge in [-0.1, -0.05) is 218 Å². The van der Waals surface area contributed by atoms with E-state index in [0.29, 0.717) is 11.8 Å². The van der Waals surface area contributed by atoms with Gasteiger partial charge in [0.2, 0.25) is 0 Å². The fraction of sp³-hybridized carbons (Fsp3) is 0.0357. The molecule has 10 aromatic carbocycles. The molecule has 0 N–H and O–H groups in total. The molecule has 3 aliphatic rings. The van der Waals surface area contributed by atoms with Gasteiger partial charge in [-0.2, -0.15) is 0 Å². The van der Waals surface area contributed by atoms with Gasteiger partial charge in [-0.05, 0) is 99.0 Å². The maximum absolute atomic E-state index is 2.37. The van der Waals surface area contributed by atoms with Gasteiger partial charge in [0, 0.05) is 11.8 Å². The average Bonchev–Trinajstić information content (AvgIpc) is 3.28. The molecule has 0 fully saturated rings. The molecule has 0 heteroatoms. The van der Waals surface area contributed by atoms with Crippen molar-refractivity contribution >= 4 is 70.2 Å². The van der Waals surface area contributed by atoms with Gasteiger partial charge in [0.1, 0.15) is 0 Å². The maximum atomic E-state index is 2.37. The third kappa shape index (κ3) is 6.16. The number of allylic oxidation sites excluding steroid dienone is 8. The van der Waals surface area contributed by atoms with Gasteiger partial charge in [-0.3, -0.25) is 0 Å². The van der Waals surface area contributed by atoms with Crippen LogP contribution in [-0.2, 0) is 0 Å². The van der Waals surface area contributed by atoms with Crippen LogP contribution in [0.15, 0.2) is 236 Å². The largest absolute Gasteiger partial charge is 0.0760 e. The van der Waals surface area contributed by atoms with Crippen LogP contribution in [0.25, 0.3) is 70.2 Å². The molecule has 0 heterocycles. The topological polar surface area (TPSA) is 0 Å². The molecule has 10 aromatic rings. The first-order valence-electron chi connectivity index (χ1n) is 19.6. The van der Waals surface area contributed by atoms with Gasteiger partial charge in [0.15, 0.2) is 0 Å². The van der Waals surface area contributed by atoms with Crippen molar-refractivity contribution in [3.05, 3.63) is 247 Å². The predicted octanol–water partition coefficient (Wildman–Crippen LogP) is 15.3. The molecular formula is C56H40. The lowest BCUT2D eigenvalue weighted by Gasteiger charge is -2.38. The molecule has 0 saturated heterocycles. The van der Waals surface area contributed by atoms with Crippen LogP contribution < -0.4 is 0 Å². The van der Waals surface area contributed by atoms with Gasteiger partial charge in [-0.15, -0.1) is 0 Å². The van der Waals surface area contributed by atoms with E-state index in [4.69, 9.17) is 0 Å². The SMILES string of the molecule is C1=CC2=CC=CC3c4cccc5cccc(c45)C(=C1)C23.c1cc2ccc3cccc4ccc(c1)c2c34.c1ccc2cc3ccccc3cc2c1.c1ccccc1. The van der Waals surface area contributed by atoms with Crippen molar-refractivity contribution in [3.63, 3.8) is 0 Å². The molecule has 2 atom stereocenters. The van der Waals surface area contributed by atoms with Gasteiger partial charge >= 0.3 is 0 Å². The first kappa shape index (κ1) is 33.5. The van der Waals surface area contributed by atoms with Crippen molar-refractivity contribution in [1.29, 1.82) is 0 Å². The molecule has 0 amide bonds. The van der Waals surface area contributed by atoms with Crippen LogP contribution in [-0.4, -0.2) is 0 Å². The van der Waals surface area contributed by atoms with Gasteiger partial charge in [0.05, 0.1) is 0 Å². The lowest BCUT2D eigenvalue weighted by atomic mass is 9.65. The van der Waals surface area contributed by atoms with Gasteiger partial charge in [-0.25, -0.2) is 0 Å². The Morgan fingerprint density at radius 3 is 1.25 bits per heavy atom. The molecule has 13 rings (SSSR count). The molecule has 0 bridgehead atoms. The van der Waals surface area contributed by atoms with Crippen LogP contribution in [0.5, 0.6) is 0 Å². The van der Waals surface area contributed by atoms with Crippen molar-refractivity contribution in [1.82, 2.24) is 0 Å². The van der Waals surface area contributed by atoms with Crippen LogP contribution in [0.3, 0.4) is 0 Å². The van der Waals surface area contributed by atoms with Crippen LogP contribution in [0.2, 0.25) is 0 Å². The molecule has 0 nitrogen and oxygen atoms in total. The van der Waals surface area contributed by atoms with E-state index in [1.54, 1.807) is 0 Å². The van der Waals surface area contributed by atoms with E-state index in [0.717, 1.165) is 0 Å². The summed E-state index contributed by atoms with van der Waals surface area (Å²) >= 11 is 0.